The molecule has 0 N–H and O–H groups in total. The van der Waals surface area contributed by atoms with Crippen LogP contribution >= 0.6 is 0 Å². The lowest BCUT2D eigenvalue weighted by molar-refractivity contribution is -0.00895. The highest BCUT2D eigenvalue weighted by atomic mass is 16.5. The van der Waals surface area contributed by atoms with Gasteiger partial charge in [0, 0.05) is 12.5 Å². The Morgan fingerprint density at radius 1 is 0.826 bits per heavy atom. The summed E-state index contributed by atoms with van der Waals surface area (Å²) in [7, 11) is 0. The van der Waals surface area contributed by atoms with Crippen LogP contribution in [0.2, 0.25) is 0 Å². The number of unbranched alkanes of at least 4 members (excludes halogenated alkanes) is 4. The minimum absolute atomic E-state index is 0.319. The van der Waals surface area contributed by atoms with Gasteiger partial charge in [-0.2, -0.15) is 5.26 Å². The Kier molecular flexibility index (Phi) is 9.05. The molecule has 2 fully saturated rings. The van der Waals surface area contributed by atoms with E-state index in [-0.39, 0.29) is 0 Å². The monoisotopic (exact) mass is 319 g/mol. The first-order chi connectivity index (χ1) is 11.3. The van der Waals surface area contributed by atoms with Gasteiger partial charge < -0.3 is 4.74 Å². The van der Waals surface area contributed by atoms with Gasteiger partial charge in [-0.25, -0.2) is 0 Å². The topological polar surface area (TPSA) is 33.0 Å². The van der Waals surface area contributed by atoms with Gasteiger partial charge in [-0.1, -0.05) is 45.4 Å². The molecule has 132 valence electrons. The van der Waals surface area contributed by atoms with Crippen LogP contribution in [0.3, 0.4) is 0 Å². The Hall–Kier alpha value is -0.550. The molecule has 0 aromatic heterocycles. The summed E-state index contributed by atoms with van der Waals surface area (Å²) in [5.74, 6) is 2.01. The van der Waals surface area contributed by atoms with E-state index in [1.807, 2.05) is 0 Å². The Balaban J connectivity index is 1.49. The van der Waals surface area contributed by atoms with E-state index in [1.165, 1.54) is 77.0 Å². The van der Waals surface area contributed by atoms with Crippen LogP contribution in [-0.4, -0.2) is 12.7 Å². The smallest absolute Gasteiger partial charge is 0.0655 e. The number of rotatable bonds is 9. The summed E-state index contributed by atoms with van der Waals surface area (Å²) in [4.78, 5) is 0. The van der Waals surface area contributed by atoms with E-state index in [0.29, 0.717) is 12.0 Å². The third kappa shape index (κ3) is 7.25. The zero-order valence-electron chi connectivity index (χ0n) is 15.3. The maximum atomic E-state index is 8.96. The Bertz CT molecular complexity index is 332. The molecule has 0 bridgehead atoms. The van der Waals surface area contributed by atoms with Crippen molar-refractivity contribution in [3.05, 3.63) is 0 Å². The lowest BCUT2D eigenvalue weighted by Crippen LogP contribution is -2.26. The van der Waals surface area contributed by atoms with Gasteiger partial charge in [0.25, 0.3) is 0 Å². The van der Waals surface area contributed by atoms with Crippen LogP contribution < -0.4 is 0 Å². The molecule has 0 aromatic carbocycles. The average Bonchev–Trinajstić information content (AvgIpc) is 2.61. The zero-order chi connectivity index (χ0) is 16.3. The Morgan fingerprint density at radius 2 is 1.48 bits per heavy atom. The summed E-state index contributed by atoms with van der Waals surface area (Å²) >= 11 is 0. The minimum atomic E-state index is 0.319. The molecule has 2 aliphatic carbocycles. The van der Waals surface area contributed by atoms with Crippen molar-refractivity contribution in [1.29, 1.82) is 5.26 Å². The fourth-order valence-electron chi connectivity index (χ4n) is 4.35. The molecule has 0 saturated heterocycles. The van der Waals surface area contributed by atoms with Gasteiger partial charge in [-0.3, -0.25) is 0 Å². The molecule has 0 aliphatic heterocycles. The molecule has 2 aliphatic rings. The first-order valence-electron chi connectivity index (χ1n) is 10.3. The van der Waals surface area contributed by atoms with Gasteiger partial charge in [0.2, 0.25) is 0 Å². The maximum absolute atomic E-state index is 8.96. The Morgan fingerprint density at radius 3 is 2.13 bits per heavy atom. The third-order valence-electron chi connectivity index (χ3n) is 6.11. The summed E-state index contributed by atoms with van der Waals surface area (Å²) < 4.78 is 6.21. The zero-order valence-corrected chi connectivity index (χ0v) is 15.3. The predicted octanol–water partition coefficient (Wildman–Crippen LogP) is 6.25. The van der Waals surface area contributed by atoms with Crippen molar-refractivity contribution in [3.8, 4) is 6.07 Å². The van der Waals surface area contributed by atoms with Gasteiger partial charge in [-0.15, -0.1) is 0 Å². The molecule has 0 radical (unpaired) electrons. The second-order valence-corrected chi connectivity index (χ2v) is 8.03. The molecular weight excluding hydrogens is 282 g/mol. The minimum Gasteiger partial charge on any atom is -0.378 e. The fourth-order valence-corrected chi connectivity index (χ4v) is 4.35. The van der Waals surface area contributed by atoms with Gasteiger partial charge in [0.1, 0.15) is 0 Å². The lowest BCUT2D eigenvalue weighted by atomic mass is 9.82. The molecule has 23 heavy (non-hydrogen) atoms. The molecule has 0 atom stereocenters. The van der Waals surface area contributed by atoms with Gasteiger partial charge >= 0.3 is 0 Å². The van der Waals surface area contributed by atoms with E-state index in [4.69, 9.17) is 10.00 Å². The second-order valence-electron chi connectivity index (χ2n) is 8.03. The first-order valence-corrected chi connectivity index (χ1v) is 10.3. The molecule has 2 heteroatoms. The molecule has 0 amide bonds. The summed E-state index contributed by atoms with van der Waals surface area (Å²) in [5, 5.41) is 8.96. The van der Waals surface area contributed by atoms with Gasteiger partial charge in [0.05, 0.1) is 12.2 Å². The molecule has 0 heterocycles. The van der Waals surface area contributed by atoms with Crippen molar-refractivity contribution in [1.82, 2.24) is 0 Å². The third-order valence-corrected chi connectivity index (χ3v) is 6.11. The molecule has 2 saturated carbocycles. The first kappa shape index (κ1) is 18.8. The number of hydrogen-bond acceptors (Lipinski definition) is 2. The number of hydrogen-bond donors (Lipinski definition) is 0. The molecule has 2 nitrogen and oxygen atoms in total. The summed E-state index contributed by atoms with van der Waals surface area (Å²) in [6.45, 7) is 3.24. The highest BCUT2D eigenvalue weighted by molar-refractivity contribution is 4.87. The van der Waals surface area contributed by atoms with Gasteiger partial charge in [-0.05, 0) is 63.2 Å². The summed E-state index contributed by atoms with van der Waals surface area (Å²) in [6, 6.07) is 2.42. The van der Waals surface area contributed by atoms with Crippen molar-refractivity contribution >= 4 is 0 Å². The van der Waals surface area contributed by atoms with Crippen LogP contribution in [0.4, 0.5) is 0 Å². The van der Waals surface area contributed by atoms with Crippen LogP contribution in [0.15, 0.2) is 0 Å². The largest absolute Gasteiger partial charge is 0.378 e. The van der Waals surface area contributed by atoms with Crippen molar-refractivity contribution in [3.63, 3.8) is 0 Å². The van der Waals surface area contributed by atoms with E-state index < -0.39 is 0 Å². The molecule has 2 rings (SSSR count). The van der Waals surface area contributed by atoms with Crippen molar-refractivity contribution in [2.75, 3.05) is 6.61 Å². The van der Waals surface area contributed by atoms with Crippen molar-refractivity contribution in [2.24, 2.45) is 17.8 Å². The van der Waals surface area contributed by atoms with E-state index in [0.717, 1.165) is 31.3 Å². The molecule has 0 aromatic rings. The van der Waals surface area contributed by atoms with Crippen molar-refractivity contribution in [2.45, 2.75) is 103 Å². The van der Waals surface area contributed by atoms with E-state index in [1.54, 1.807) is 0 Å². The lowest BCUT2D eigenvalue weighted by Gasteiger charge is -2.31. The average molecular weight is 320 g/mol. The van der Waals surface area contributed by atoms with Crippen LogP contribution in [0.5, 0.6) is 0 Å². The van der Waals surface area contributed by atoms with Crippen LogP contribution in [0.1, 0.15) is 96.8 Å². The summed E-state index contributed by atoms with van der Waals surface area (Å²) in [5.41, 5.74) is 0. The molecular formula is C21H37NO. The summed E-state index contributed by atoms with van der Waals surface area (Å²) in [6.07, 6.45) is 19.0. The highest BCUT2D eigenvalue weighted by Gasteiger charge is 2.24. The number of ether oxygens (including phenoxy) is 1. The van der Waals surface area contributed by atoms with E-state index in [2.05, 4.69) is 13.0 Å². The van der Waals surface area contributed by atoms with Gasteiger partial charge in [0.15, 0.2) is 0 Å². The normalized spacial score (nSPS) is 31.7. The number of nitriles is 1. The SMILES string of the molecule is CCCCCCC[C@H]1CC[C@H](OC[C@H]2CC[C@H](C#N)CC2)CC1. The standard InChI is InChI=1S/C21H37NO/c1-2-3-4-5-6-7-18-12-14-21(15-13-18)23-17-20-10-8-19(16-22)9-11-20/h18-21H,2-15,17H2,1H3/t18-,19-,20-,21-. The maximum Gasteiger partial charge on any atom is 0.0655 e. The number of nitrogens with zero attached hydrogens (tertiary/aromatic N) is 1. The van der Waals surface area contributed by atoms with E-state index in [9.17, 15) is 0 Å². The second kappa shape index (κ2) is 11.1. The van der Waals surface area contributed by atoms with Crippen molar-refractivity contribution < 1.29 is 4.74 Å². The predicted molar refractivity (Wildman–Crippen MR) is 96.1 cm³/mol. The fraction of sp³-hybridized carbons (Fsp3) is 0.952. The van der Waals surface area contributed by atoms with E-state index >= 15 is 0 Å². The molecule has 0 unspecified atom stereocenters. The quantitative estimate of drug-likeness (QED) is 0.470. The molecule has 0 spiro atoms. The van der Waals surface area contributed by atoms with Crippen LogP contribution in [-0.2, 0) is 4.74 Å². The highest BCUT2D eigenvalue weighted by Crippen LogP contribution is 2.32. The van der Waals surface area contributed by atoms with Crippen LogP contribution in [0, 0.1) is 29.1 Å². The van der Waals surface area contributed by atoms with Crippen LogP contribution in [0.25, 0.3) is 0 Å². The Labute approximate surface area is 144 Å².